The van der Waals surface area contributed by atoms with Crippen molar-refractivity contribution in [3.63, 3.8) is 0 Å². The zero-order valence-electron chi connectivity index (χ0n) is 9.79. The minimum absolute atomic E-state index is 0.139. The number of terminal acetylenes is 1. The number of hydrogen-bond donors (Lipinski definition) is 0. The average molecular weight is 201 g/mol. The van der Waals surface area contributed by atoms with Crippen LogP contribution in [-0.2, 0) is 4.79 Å². The largest absolute Gasteiger partial charge is 0.351 e. The quantitative estimate of drug-likeness (QED) is 0.360. The highest BCUT2D eigenvalue weighted by Gasteiger charge is 1.71. The van der Waals surface area contributed by atoms with E-state index in [1.807, 2.05) is 6.92 Å². The van der Waals surface area contributed by atoms with Crippen LogP contribution in [0.15, 0.2) is 0 Å². The molecule has 0 aromatic carbocycles. The lowest BCUT2D eigenvalue weighted by Gasteiger charge is -1.93. The Balaban J connectivity index is -0.000000117. The number of hydrogen-bond acceptors (Lipinski definition) is 1. The summed E-state index contributed by atoms with van der Waals surface area (Å²) in [5.74, 6) is 2.43. The predicted molar refractivity (Wildman–Crippen MR) is 63.6 cm³/mol. The molecule has 2 nitrogen and oxygen atoms in total. The van der Waals surface area contributed by atoms with E-state index in [9.17, 15) is 4.79 Å². The van der Waals surface area contributed by atoms with E-state index in [4.69, 9.17) is 6.42 Å². The van der Waals surface area contributed by atoms with Gasteiger partial charge in [0.2, 0.25) is 6.41 Å². The van der Waals surface area contributed by atoms with Crippen molar-refractivity contribution in [2.75, 3.05) is 14.1 Å². The number of amides is 1. The lowest BCUT2D eigenvalue weighted by Crippen LogP contribution is -2.06. The third kappa shape index (κ3) is 190. The first-order chi connectivity index (χ1) is 5.92. The normalized spacial score (nSPS) is 6.92. The zero-order valence-corrected chi connectivity index (χ0v) is 10.9. The number of carbonyl (C=O) groups is 1. The smallest absolute Gasteiger partial charge is 0.209 e. The molecule has 0 fully saturated rings. The van der Waals surface area contributed by atoms with Crippen LogP contribution in [0, 0.1) is 12.3 Å². The minimum atomic E-state index is -0.139. The van der Waals surface area contributed by atoms with Crippen LogP contribution in [0.25, 0.3) is 0 Å². The van der Waals surface area contributed by atoms with Crippen LogP contribution in [0.1, 0.15) is 13.3 Å². The molecule has 0 aliphatic heterocycles. The second-order valence-electron chi connectivity index (χ2n) is 3.36. The van der Waals surface area contributed by atoms with Gasteiger partial charge < -0.3 is 4.90 Å². The molecular formula is C10H23NOSi. The Kier molecular flexibility index (Phi) is 24.2. The van der Waals surface area contributed by atoms with Gasteiger partial charge in [-0.05, 0) is 0 Å². The van der Waals surface area contributed by atoms with Gasteiger partial charge in [-0.15, -0.1) is 12.3 Å². The summed E-state index contributed by atoms with van der Waals surface area (Å²) < 4.78 is 0. The van der Waals surface area contributed by atoms with Crippen LogP contribution in [0.2, 0.25) is 19.6 Å². The molecule has 1 amide bonds. The van der Waals surface area contributed by atoms with Crippen LogP contribution in [0.3, 0.4) is 0 Å². The van der Waals surface area contributed by atoms with Gasteiger partial charge in [-0.25, -0.2) is 0 Å². The average Bonchev–Trinajstić information content (AvgIpc) is 2.04. The zero-order chi connectivity index (χ0) is 11.3. The molecule has 0 aliphatic rings. The van der Waals surface area contributed by atoms with E-state index in [0.717, 1.165) is 12.8 Å². The third-order valence-corrected chi connectivity index (χ3v) is 0.415. The summed E-state index contributed by atoms with van der Waals surface area (Å²) in [6.45, 7) is 8.86. The van der Waals surface area contributed by atoms with Gasteiger partial charge in [0, 0.05) is 29.3 Å². The summed E-state index contributed by atoms with van der Waals surface area (Å²) >= 11 is 0. The molecule has 0 saturated carbocycles. The van der Waals surface area contributed by atoms with Crippen LogP contribution < -0.4 is 0 Å². The maximum atomic E-state index is 9.43. The maximum Gasteiger partial charge on any atom is 0.209 e. The Labute approximate surface area is 84.9 Å². The molecular weight excluding hydrogens is 178 g/mol. The van der Waals surface area contributed by atoms with E-state index in [2.05, 4.69) is 25.6 Å². The number of nitrogens with zero attached hydrogens (tertiary/aromatic N) is 1. The highest BCUT2D eigenvalue weighted by molar-refractivity contribution is 6.54. The molecule has 0 rings (SSSR count). The van der Waals surface area contributed by atoms with Gasteiger partial charge in [-0.1, -0.05) is 26.6 Å². The summed E-state index contributed by atoms with van der Waals surface area (Å²) in [6, 6.07) is 0. The standard InChI is InChI=1S/C4H6.C3H7NO.C3H10Si/c1-3-4-2;1-4(2)3-5;1-4(2)3/h1H,4H2,2H3;3H,1-2H3;4H,1-3H3. The van der Waals surface area contributed by atoms with E-state index in [1.165, 1.54) is 4.90 Å². The van der Waals surface area contributed by atoms with Crippen molar-refractivity contribution in [1.82, 2.24) is 4.90 Å². The topological polar surface area (TPSA) is 20.3 Å². The Bertz CT molecular complexity index is 125. The minimum Gasteiger partial charge on any atom is -0.351 e. The van der Waals surface area contributed by atoms with Crippen LogP contribution in [0.4, 0.5) is 0 Å². The Morgan fingerprint density at radius 1 is 1.38 bits per heavy atom. The second kappa shape index (κ2) is 17.4. The van der Waals surface area contributed by atoms with Crippen molar-refractivity contribution in [1.29, 1.82) is 0 Å². The number of carbonyl (C=O) groups excluding carboxylic acids is 1. The molecule has 0 aliphatic carbocycles. The molecule has 0 unspecified atom stereocenters. The molecule has 0 radical (unpaired) electrons. The van der Waals surface area contributed by atoms with Crippen molar-refractivity contribution >= 4 is 15.2 Å². The molecule has 0 spiro atoms. The van der Waals surface area contributed by atoms with Crippen LogP contribution in [-0.4, -0.2) is 34.2 Å². The third-order valence-electron chi connectivity index (χ3n) is 0.415. The Morgan fingerprint density at radius 2 is 1.54 bits per heavy atom. The lowest BCUT2D eigenvalue weighted by atomic mass is 10.5. The summed E-state index contributed by atoms with van der Waals surface area (Å²) in [4.78, 5) is 10.9. The van der Waals surface area contributed by atoms with E-state index in [1.54, 1.807) is 14.1 Å². The highest BCUT2D eigenvalue weighted by atomic mass is 28.3. The van der Waals surface area contributed by atoms with E-state index >= 15 is 0 Å². The molecule has 0 saturated heterocycles. The first kappa shape index (κ1) is 18.1. The number of rotatable bonds is 1. The maximum absolute atomic E-state index is 9.43. The lowest BCUT2D eigenvalue weighted by molar-refractivity contribution is -0.115. The van der Waals surface area contributed by atoms with E-state index in [0.29, 0.717) is 0 Å². The van der Waals surface area contributed by atoms with Crippen molar-refractivity contribution in [2.45, 2.75) is 33.0 Å². The molecule has 78 valence electrons. The van der Waals surface area contributed by atoms with Gasteiger partial charge in [0.25, 0.3) is 0 Å². The first-order valence-corrected chi connectivity index (χ1v) is 7.93. The van der Waals surface area contributed by atoms with Crippen molar-refractivity contribution in [2.24, 2.45) is 0 Å². The molecule has 0 aromatic heterocycles. The summed E-state index contributed by atoms with van der Waals surface area (Å²) in [5.41, 5.74) is 0. The molecule has 3 heteroatoms. The first-order valence-electron chi connectivity index (χ1n) is 4.47. The fourth-order valence-electron chi connectivity index (χ4n) is 0. The molecule has 13 heavy (non-hydrogen) atoms. The van der Waals surface area contributed by atoms with E-state index in [-0.39, 0.29) is 8.80 Å². The molecule has 0 atom stereocenters. The van der Waals surface area contributed by atoms with Gasteiger partial charge in [0.1, 0.15) is 0 Å². The monoisotopic (exact) mass is 201 g/mol. The fraction of sp³-hybridized carbons (Fsp3) is 0.700. The fourth-order valence-corrected chi connectivity index (χ4v) is 0. The van der Waals surface area contributed by atoms with Crippen LogP contribution >= 0.6 is 0 Å². The molecule has 0 aromatic rings. The molecule has 0 bridgehead atoms. The molecule has 0 N–H and O–H groups in total. The molecule has 0 heterocycles. The van der Waals surface area contributed by atoms with Gasteiger partial charge in [-0.2, -0.15) is 0 Å². The van der Waals surface area contributed by atoms with Crippen molar-refractivity contribution < 1.29 is 4.79 Å². The van der Waals surface area contributed by atoms with Crippen molar-refractivity contribution in [3.8, 4) is 12.3 Å². The van der Waals surface area contributed by atoms with Gasteiger partial charge in [0.05, 0.1) is 0 Å². The van der Waals surface area contributed by atoms with Gasteiger partial charge in [-0.3, -0.25) is 4.79 Å². The van der Waals surface area contributed by atoms with Crippen LogP contribution in [0.5, 0.6) is 0 Å². The second-order valence-corrected chi connectivity index (χ2v) is 6.82. The Hall–Kier alpha value is -0.753. The van der Waals surface area contributed by atoms with Crippen molar-refractivity contribution in [3.05, 3.63) is 0 Å². The summed E-state index contributed by atoms with van der Waals surface area (Å²) in [6.07, 6.45) is 6.38. The summed E-state index contributed by atoms with van der Waals surface area (Å²) in [5, 5.41) is 0. The summed E-state index contributed by atoms with van der Waals surface area (Å²) in [7, 11) is 3.24. The Morgan fingerprint density at radius 3 is 1.54 bits per heavy atom. The van der Waals surface area contributed by atoms with Gasteiger partial charge >= 0.3 is 0 Å². The predicted octanol–water partition coefficient (Wildman–Crippen LogP) is 1.84. The highest BCUT2D eigenvalue weighted by Crippen LogP contribution is 1.68. The SMILES string of the molecule is C#CCC.CN(C)C=O.C[SiH](C)C. The van der Waals surface area contributed by atoms with Gasteiger partial charge in [0.15, 0.2) is 0 Å². The van der Waals surface area contributed by atoms with E-state index < -0.39 is 0 Å².